The average molecular weight is 520 g/mol. The molecule has 0 saturated heterocycles. The van der Waals surface area contributed by atoms with E-state index < -0.39 is 11.6 Å². The predicted octanol–water partition coefficient (Wildman–Crippen LogP) is 7.47. The van der Waals surface area contributed by atoms with Crippen LogP contribution in [0.2, 0.25) is 0 Å². The lowest BCUT2D eigenvalue weighted by Crippen LogP contribution is -2.52. The number of benzene rings is 5. The first-order valence-electron chi connectivity index (χ1n) is 13.7. The number of esters is 1. The summed E-state index contributed by atoms with van der Waals surface area (Å²) in [6.07, 6.45) is 2.11. The molecule has 7 rings (SSSR count). The normalized spacial score (nSPS) is 17.1. The minimum Gasteiger partial charge on any atom is -0.459 e. The zero-order chi connectivity index (χ0) is 26.9. The number of hydrogen-bond acceptors (Lipinski definition) is 3. The summed E-state index contributed by atoms with van der Waals surface area (Å²) in [4.78, 5) is 16.4. The van der Waals surface area contributed by atoms with E-state index in [2.05, 4.69) is 108 Å². The molecule has 3 nitrogen and oxygen atoms in total. The van der Waals surface area contributed by atoms with Gasteiger partial charge in [0.1, 0.15) is 12.6 Å². The van der Waals surface area contributed by atoms with Gasteiger partial charge in [0.15, 0.2) is 0 Å². The highest BCUT2D eigenvalue weighted by Gasteiger charge is 2.53. The molecule has 194 valence electrons. The third kappa shape index (κ3) is 3.90. The van der Waals surface area contributed by atoms with Gasteiger partial charge >= 0.3 is 5.97 Å². The fraction of sp³-hybridized carbons (Fsp3) is 0.108. The summed E-state index contributed by atoms with van der Waals surface area (Å²) in [5.41, 5.74) is 8.46. The van der Waals surface area contributed by atoms with Crippen LogP contribution in [0.25, 0.3) is 16.7 Å². The zero-order valence-corrected chi connectivity index (χ0v) is 22.1. The van der Waals surface area contributed by atoms with Gasteiger partial charge in [0.05, 0.1) is 5.54 Å². The number of ether oxygens (including phenoxy) is 1. The maximum atomic E-state index is 14.1. The summed E-state index contributed by atoms with van der Waals surface area (Å²) < 4.78 is 6.02. The maximum Gasteiger partial charge on any atom is 0.327 e. The maximum absolute atomic E-state index is 14.1. The van der Waals surface area contributed by atoms with Crippen molar-refractivity contribution in [2.75, 3.05) is 6.54 Å². The summed E-state index contributed by atoms with van der Waals surface area (Å²) in [6, 6.07) is 47.5. The first-order chi connectivity index (χ1) is 19.8. The number of nitrogens with zero attached hydrogens (tertiary/aromatic N) is 1. The second-order valence-electron chi connectivity index (χ2n) is 10.4. The van der Waals surface area contributed by atoms with Crippen molar-refractivity contribution in [3.8, 4) is 11.1 Å². The van der Waals surface area contributed by atoms with Gasteiger partial charge in [0, 0.05) is 6.54 Å². The van der Waals surface area contributed by atoms with Crippen LogP contribution in [0.15, 0.2) is 146 Å². The molecule has 1 aliphatic carbocycles. The van der Waals surface area contributed by atoms with Gasteiger partial charge in [-0.2, -0.15) is 0 Å². The molecular weight excluding hydrogens is 490 g/mol. The van der Waals surface area contributed by atoms with E-state index in [9.17, 15) is 4.79 Å². The van der Waals surface area contributed by atoms with Gasteiger partial charge in [-0.1, -0.05) is 146 Å². The smallest absolute Gasteiger partial charge is 0.327 e. The molecular formula is C37H29NO2. The molecule has 0 fully saturated rings. The van der Waals surface area contributed by atoms with Crippen LogP contribution in [0.3, 0.4) is 0 Å². The molecule has 0 spiro atoms. The first-order valence-corrected chi connectivity index (χ1v) is 13.7. The van der Waals surface area contributed by atoms with Gasteiger partial charge < -0.3 is 4.74 Å². The minimum absolute atomic E-state index is 0.240. The molecule has 5 aromatic rings. The molecule has 40 heavy (non-hydrogen) atoms. The van der Waals surface area contributed by atoms with Gasteiger partial charge in [0.25, 0.3) is 0 Å². The molecule has 0 bridgehead atoms. The molecule has 0 unspecified atom stereocenters. The number of fused-ring (bicyclic) bond motifs is 3. The van der Waals surface area contributed by atoms with Crippen LogP contribution in [-0.4, -0.2) is 23.5 Å². The van der Waals surface area contributed by atoms with E-state index in [-0.39, 0.29) is 12.6 Å². The van der Waals surface area contributed by atoms with Crippen molar-refractivity contribution in [1.29, 1.82) is 0 Å². The minimum atomic E-state index is -0.669. The van der Waals surface area contributed by atoms with Gasteiger partial charge in [-0.15, -0.1) is 0 Å². The Morgan fingerprint density at radius 3 is 1.82 bits per heavy atom. The highest BCUT2D eigenvalue weighted by Crippen LogP contribution is 2.56. The predicted molar refractivity (Wildman–Crippen MR) is 159 cm³/mol. The fourth-order valence-corrected chi connectivity index (χ4v) is 6.47. The topological polar surface area (TPSA) is 29.5 Å². The van der Waals surface area contributed by atoms with Gasteiger partial charge in [-0.25, -0.2) is 4.79 Å². The SMILES string of the molecule is O=C(OCc1ccccc1)[C@@H]1C=C(c2ccccc2)CN1C1(c2ccccc2)c2ccccc2-c2ccccc21. The Balaban J connectivity index is 1.41. The Bertz CT molecular complexity index is 1650. The number of carbonyl (C=O) groups is 1. The van der Waals surface area contributed by atoms with Crippen molar-refractivity contribution >= 4 is 11.5 Å². The van der Waals surface area contributed by atoms with Gasteiger partial charge in [-0.05, 0) is 44.5 Å². The lowest BCUT2D eigenvalue weighted by molar-refractivity contribution is -0.150. The van der Waals surface area contributed by atoms with Crippen molar-refractivity contribution in [2.45, 2.75) is 18.2 Å². The number of carbonyl (C=O) groups excluding carboxylic acids is 1. The van der Waals surface area contributed by atoms with Crippen molar-refractivity contribution in [2.24, 2.45) is 0 Å². The van der Waals surface area contributed by atoms with Crippen molar-refractivity contribution in [3.63, 3.8) is 0 Å². The van der Waals surface area contributed by atoms with Crippen LogP contribution in [-0.2, 0) is 21.7 Å². The van der Waals surface area contributed by atoms with Crippen LogP contribution in [0.5, 0.6) is 0 Å². The molecule has 2 aliphatic rings. The number of hydrogen-bond donors (Lipinski definition) is 0. The Morgan fingerprint density at radius 2 is 1.20 bits per heavy atom. The number of rotatable bonds is 6. The van der Waals surface area contributed by atoms with E-state index in [0.717, 1.165) is 22.3 Å². The molecule has 1 heterocycles. The van der Waals surface area contributed by atoms with Gasteiger partial charge in [-0.3, -0.25) is 4.90 Å². The summed E-state index contributed by atoms with van der Waals surface area (Å²) >= 11 is 0. The monoisotopic (exact) mass is 519 g/mol. The standard InChI is InChI=1S/C37H29NO2/c39-36(40-26-27-14-4-1-5-15-27)35-24-29(28-16-6-2-7-17-28)25-38(35)37(30-18-8-3-9-19-30)33-22-12-10-20-31(33)32-21-11-13-23-34(32)37/h1-24,35H,25-26H2/t35-/m0/s1. The Labute approximate surface area is 235 Å². The Hall–Kier alpha value is -4.73. The summed E-state index contributed by atoms with van der Waals surface area (Å²) in [7, 11) is 0. The Kier molecular flexibility index (Phi) is 6.14. The van der Waals surface area contributed by atoms with Crippen LogP contribution >= 0.6 is 0 Å². The van der Waals surface area contributed by atoms with E-state index in [0.29, 0.717) is 6.54 Å². The molecule has 1 atom stereocenters. The quantitative estimate of drug-likeness (QED) is 0.218. The first kappa shape index (κ1) is 24.3. The molecule has 0 amide bonds. The average Bonchev–Trinajstić information content (AvgIpc) is 3.60. The molecule has 5 aromatic carbocycles. The van der Waals surface area contributed by atoms with E-state index in [4.69, 9.17) is 4.74 Å². The molecule has 0 aromatic heterocycles. The van der Waals surface area contributed by atoms with E-state index in [1.807, 2.05) is 42.5 Å². The highest BCUT2D eigenvalue weighted by molar-refractivity contribution is 5.88. The molecule has 0 N–H and O–H groups in total. The lowest BCUT2D eigenvalue weighted by atomic mass is 9.78. The van der Waals surface area contributed by atoms with Crippen molar-refractivity contribution in [1.82, 2.24) is 4.90 Å². The van der Waals surface area contributed by atoms with Gasteiger partial charge in [0.2, 0.25) is 0 Å². The van der Waals surface area contributed by atoms with E-state index in [1.165, 1.54) is 22.3 Å². The van der Waals surface area contributed by atoms with Crippen molar-refractivity contribution in [3.05, 3.63) is 173 Å². The second kappa shape index (κ2) is 10.1. The summed E-state index contributed by atoms with van der Waals surface area (Å²) in [6.45, 7) is 0.844. The largest absolute Gasteiger partial charge is 0.459 e. The summed E-state index contributed by atoms with van der Waals surface area (Å²) in [5.74, 6) is -0.244. The third-order valence-electron chi connectivity index (χ3n) is 8.19. The van der Waals surface area contributed by atoms with Crippen LogP contribution in [0.4, 0.5) is 0 Å². The third-order valence-corrected chi connectivity index (χ3v) is 8.19. The molecule has 0 radical (unpaired) electrons. The van der Waals surface area contributed by atoms with Crippen molar-refractivity contribution < 1.29 is 9.53 Å². The fourth-order valence-electron chi connectivity index (χ4n) is 6.47. The second-order valence-corrected chi connectivity index (χ2v) is 10.4. The van der Waals surface area contributed by atoms with E-state index in [1.54, 1.807) is 0 Å². The highest BCUT2D eigenvalue weighted by atomic mass is 16.5. The lowest BCUT2D eigenvalue weighted by Gasteiger charge is -2.44. The molecule has 1 aliphatic heterocycles. The molecule has 3 heteroatoms. The zero-order valence-electron chi connectivity index (χ0n) is 22.1. The Morgan fingerprint density at radius 1 is 0.675 bits per heavy atom. The van der Waals surface area contributed by atoms with Crippen LogP contribution in [0, 0.1) is 0 Å². The molecule has 0 saturated carbocycles. The van der Waals surface area contributed by atoms with Crippen LogP contribution in [0.1, 0.15) is 27.8 Å². The van der Waals surface area contributed by atoms with E-state index >= 15 is 0 Å². The summed E-state index contributed by atoms with van der Waals surface area (Å²) in [5, 5.41) is 0. The van der Waals surface area contributed by atoms with Crippen LogP contribution < -0.4 is 0 Å².